The molecule has 0 aliphatic rings. The van der Waals surface area contributed by atoms with Crippen LogP contribution in [0.5, 0.6) is 5.75 Å². The molecule has 0 radical (unpaired) electrons. The maximum Gasteiger partial charge on any atom is 0.206 e. The van der Waals surface area contributed by atoms with Crippen molar-refractivity contribution in [3.05, 3.63) is 29.1 Å². The van der Waals surface area contributed by atoms with E-state index in [0.29, 0.717) is 6.42 Å². The van der Waals surface area contributed by atoms with Crippen LogP contribution >= 0.6 is 0 Å². The van der Waals surface area contributed by atoms with Gasteiger partial charge >= 0.3 is 0 Å². The number of benzene rings is 1. The average Bonchev–Trinajstić information content (AvgIpc) is 2.65. The summed E-state index contributed by atoms with van der Waals surface area (Å²) in [6, 6.07) is 0. The second-order valence-corrected chi connectivity index (χ2v) is 7.27. The highest BCUT2D eigenvalue weighted by Gasteiger charge is 2.32. The van der Waals surface area contributed by atoms with Crippen LogP contribution < -0.4 is 4.74 Å². The van der Waals surface area contributed by atoms with Gasteiger partial charge < -0.3 is 9.47 Å². The molecule has 0 heterocycles. The molecule has 0 aromatic heterocycles. The van der Waals surface area contributed by atoms with Crippen LogP contribution in [0.15, 0.2) is 0 Å². The van der Waals surface area contributed by atoms with Crippen molar-refractivity contribution in [2.75, 3.05) is 13.7 Å². The van der Waals surface area contributed by atoms with Gasteiger partial charge in [0.15, 0.2) is 5.75 Å². The van der Waals surface area contributed by atoms with Gasteiger partial charge in [-0.25, -0.2) is 13.2 Å². The Hall–Kier alpha value is -1.37. The Morgan fingerprint density at radius 1 is 0.778 bits per heavy atom. The fourth-order valence-electron chi connectivity index (χ4n) is 2.86. The van der Waals surface area contributed by atoms with Gasteiger partial charge in [0.05, 0.1) is 12.2 Å². The molecular formula is C20H29F5O2. The lowest BCUT2D eigenvalue weighted by molar-refractivity contribution is -0.0468. The number of halogens is 5. The molecule has 1 aromatic carbocycles. The monoisotopic (exact) mass is 396 g/mol. The Bertz CT molecular complexity index is 576. The standard InChI is InChI=1S/C20H29F5O2/c1-5-6-7-8-9-10-11-13(20(2,3)26-4)12-27-19-17(24)15(22)14(21)16(23)18(19)25/h13H,5-12H2,1-4H3. The Morgan fingerprint density at radius 2 is 1.26 bits per heavy atom. The normalized spacial score (nSPS) is 13.1. The first-order valence-electron chi connectivity index (χ1n) is 9.36. The van der Waals surface area contributed by atoms with Gasteiger partial charge in [0, 0.05) is 13.0 Å². The molecule has 1 rings (SSSR count). The third-order valence-electron chi connectivity index (χ3n) is 5.01. The zero-order valence-electron chi connectivity index (χ0n) is 16.4. The van der Waals surface area contributed by atoms with Gasteiger partial charge in [0.1, 0.15) is 0 Å². The van der Waals surface area contributed by atoms with Crippen molar-refractivity contribution >= 4 is 0 Å². The van der Waals surface area contributed by atoms with Crippen LogP contribution in [-0.2, 0) is 4.74 Å². The zero-order chi connectivity index (χ0) is 20.6. The Kier molecular flexibility index (Phi) is 9.50. The number of hydrogen-bond acceptors (Lipinski definition) is 2. The summed E-state index contributed by atoms with van der Waals surface area (Å²) in [6.07, 6.45) is 7.08. The van der Waals surface area contributed by atoms with Crippen molar-refractivity contribution in [3.8, 4) is 5.75 Å². The summed E-state index contributed by atoms with van der Waals surface area (Å²) in [4.78, 5) is 0. The minimum absolute atomic E-state index is 0.214. The minimum Gasteiger partial charge on any atom is -0.487 e. The van der Waals surface area contributed by atoms with Crippen molar-refractivity contribution in [3.63, 3.8) is 0 Å². The third-order valence-corrected chi connectivity index (χ3v) is 5.01. The molecule has 0 amide bonds. The Labute approximate surface area is 158 Å². The second-order valence-electron chi connectivity index (χ2n) is 7.27. The molecule has 2 nitrogen and oxygen atoms in total. The first-order valence-corrected chi connectivity index (χ1v) is 9.36. The summed E-state index contributed by atoms with van der Waals surface area (Å²) in [5, 5.41) is 0. The van der Waals surface area contributed by atoms with Gasteiger partial charge in [0.2, 0.25) is 29.1 Å². The van der Waals surface area contributed by atoms with E-state index in [0.717, 1.165) is 32.1 Å². The van der Waals surface area contributed by atoms with E-state index in [1.807, 2.05) is 0 Å². The smallest absolute Gasteiger partial charge is 0.206 e. The number of unbranched alkanes of at least 4 members (excludes halogenated alkanes) is 5. The molecule has 0 aliphatic heterocycles. The number of ether oxygens (including phenoxy) is 2. The summed E-state index contributed by atoms with van der Waals surface area (Å²) >= 11 is 0. The molecule has 0 saturated heterocycles. The Balaban J connectivity index is 2.80. The predicted molar refractivity (Wildman–Crippen MR) is 94.3 cm³/mol. The van der Waals surface area contributed by atoms with E-state index in [4.69, 9.17) is 9.47 Å². The van der Waals surface area contributed by atoms with Crippen molar-refractivity contribution in [2.24, 2.45) is 5.92 Å². The SMILES string of the molecule is CCCCCCCCC(COc1c(F)c(F)c(F)c(F)c1F)C(C)(C)OC. The summed E-state index contributed by atoms with van der Waals surface area (Å²) < 4.78 is 77.8. The quantitative estimate of drug-likeness (QED) is 0.173. The van der Waals surface area contributed by atoms with Crippen LogP contribution in [0.1, 0.15) is 65.7 Å². The Morgan fingerprint density at radius 3 is 1.78 bits per heavy atom. The number of hydrogen-bond donors (Lipinski definition) is 0. The van der Waals surface area contributed by atoms with Crippen molar-refractivity contribution in [1.82, 2.24) is 0 Å². The van der Waals surface area contributed by atoms with Crippen molar-refractivity contribution in [2.45, 2.75) is 71.3 Å². The van der Waals surface area contributed by atoms with Gasteiger partial charge in [-0.05, 0) is 20.3 Å². The maximum atomic E-state index is 13.8. The maximum absolute atomic E-state index is 13.8. The fourth-order valence-corrected chi connectivity index (χ4v) is 2.86. The average molecular weight is 396 g/mol. The van der Waals surface area contributed by atoms with E-state index in [1.54, 1.807) is 13.8 Å². The summed E-state index contributed by atoms with van der Waals surface area (Å²) in [5.74, 6) is -11.7. The van der Waals surface area contributed by atoms with Crippen LogP contribution in [0.4, 0.5) is 22.0 Å². The number of rotatable bonds is 12. The molecule has 1 atom stereocenters. The first-order chi connectivity index (χ1) is 12.7. The van der Waals surface area contributed by atoms with Gasteiger partial charge in [0.25, 0.3) is 0 Å². The topological polar surface area (TPSA) is 18.5 Å². The molecule has 0 N–H and O–H groups in total. The minimum atomic E-state index is -2.20. The molecule has 0 bridgehead atoms. The molecule has 27 heavy (non-hydrogen) atoms. The van der Waals surface area contributed by atoms with E-state index >= 15 is 0 Å². The van der Waals surface area contributed by atoms with E-state index in [2.05, 4.69) is 6.92 Å². The van der Waals surface area contributed by atoms with Crippen LogP contribution in [-0.4, -0.2) is 19.3 Å². The lowest BCUT2D eigenvalue weighted by Crippen LogP contribution is -2.37. The predicted octanol–water partition coefficient (Wildman–Crippen LogP) is 6.55. The molecule has 7 heteroatoms. The van der Waals surface area contributed by atoms with Gasteiger partial charge in [-0.1, -0.05) is 45.4 Å². The van der Waals surface area contributed by atoms with Crippen LogP contribution in [0, 0.1) is 35.0 Å². The first kappa shape index (κ1) is 23.7. The lowest BCUT2D eigenvalue weighted by Gasteiger charge is -2.33. The molecule has 0 saturated carbocycles. The summed E-state index contributed by atoms with van der Waals surface area (Å²) in [7, 11) is 1.51. The van der Waals surface area contributed by atoms with Crippen molar-refractivity contribution in [1.29, 1.82) is 0 Å². The van der Waals surface area contributed by atoms with E-state index in [1.165, 1.54) is 13.5 Å². The number of methoxy groups -OCH3 is 1. The third kappa shape index (κ3) is 6.33. The lowest BCUT2D eigenvalue weighted by atomic mass is 9.86. The highest BCUT2D eigenvalue weighted by molar-refractivity contribution is 5.29. The summed E-state index contributed by atoms with van der Waals surface area (Å²) in [6.45, 7) is 5.52. The van der Waals surface area contributed by atoms with Gasteiger partial charge in [-0.3, -0.25) is 0 Å². The summed E-state index contributed by atoms with van der Waals surface area (Å²) in [5.41, 5.74) is -0.673. The molecule has 0 fully saturated rings. The van der Waals surface area contributed by atoms with E-state index in [9.17, 15) is 22.0 Å². The van der Waals surface area contributed by atoms with Crippen LogP contribution in [0.3, 0.4) is 0 Å². The zero-order valence-corrected chi connectivity index (χ0v) is 16.4. The van der Waals surface area contributed by atoms with Gasteiger partial charge in [-0.2, -0.15) is 8.78 Å². The van der Waals surface area contributed by atoms with Crippen LogP contribution in [0.2, 0.25) is 0 Å². The largest absolute Gasteiger partial charge is 0.487 e. The second kappa shape index (κ2) is 10.8. The molecule has 0 aliphatic carbocycles. The molecular weight excluding hydrogens is 367 g/mol. The van der Waals surface area contributed by atoms with Crippen molar-refractivity contribution < 1.29 is 31.4 Å². The van der Waals surface area contributed by atoms with Crippen LogP contribution in [0.25, 0.3) is 0 Å². The van der Waals surface area contributed by atoms with E-state index in [-0.39, 0.29) is 12.5 Å². The highest BCUT2D eigenvalue weighted by atomic mass is 19.2. The highest BCUT2D eigenvalue weighted by Crippen LogP contribution is 2.32. The molecule has 156 valence electrons. The molecule has 1 aromatic rings. The van der Waals surface area contributed by atoms with E-state index < -0.39 is 40.4 Å². The molecule has 0 spiro atoms. The fraction of sp³-hybridized carbons (Fsp3) is 0.700. The molecule has 1 unspecified atom stereocenters. The van der Waals surface area contributed by atoms with Gasteiger partial charge in [-0.15, -0.1) is 0 Å².